The molecule has 2 unspecified atom stereocenters. The molecule has 0 amide bonds. The molecule has 1 fully saturated rings. The molecular formula is C11H24N2O2. The van der Waals surface area contributed by atoms with E-state index >= 15 is 0 Å². The van der Waals surface area contributed by atoms with Gasteiger partial charge in [0.05, 0.1) is 6.61 Å². The van der Waals surface area contributed by atoms with Crippen molar-refractivity contribution in [1.29, 1.82) is 0 Å². The lowest BCUT2D eigenvalue weighted by Gasteiger charge is -2.23. The maximum absolute atomic E-state index is 8.94. The van der Waals surface area contributed by atoms with Gasteiger partial charge in [-0.1, -0.05) is 0 Å². The van der Waals surface area contributed by atoms with Crippen LogP contribution in [0.25, 0.3) is 0 Å². The Bertz CT molecular complexity index is 142. The van der Waals surface area contributed by atoms with E-state index in [4.69, 9.17) is 9.84 Å². The first-order valence-electron chi connectivity index (χ1n) is 5.93. The Kier molecular flexibility index (Phi) is 6.92. The third-order valence-electron chi connectivity index (χ3n) is 2.89. The van der Waals surface area contributed by atoms with Gasteiger partial charge in [0.25, 0.3) is 0 Å². The number of rotatable bonds is 6. The maximum Gasteiger partial charge on any atom is 0.0616 e. The van der Waals surface area contributed by atoms with Gasteiger partial charge in [0.1, 0.15) is 0 Å². The summed E-state index contributed by atoms with van der Waals surface area (Å²) in [6, 6.07) is 0.870. The summed E-state index contributed by atoms with van der Waals surface area (Å²) in [5.74, 6) is 0. The Labute approximate surface area is 92.4 Å². The van der Waals surface area contributed by atoms with E-state index < -0.39 is 0 Å². The van der Waals surface area contributed by atoms with Gasteiger partial charge in [0, 0.05) is 25.8 Å². The molecule has 0 aromatic heterocycles. The van der Waals surface area contributed by atoms with Crippen molar-refractivity contribution in [1.82, 2.24) is 10.6 Å². The smallest absolute Gasteiger partial charge is 0.0616 e. The maximum atomic E-state index is 8.94. The summed E-state index contributed by atoms with van der Waals surface area (Å²) < 4.78 is 5.14. The van der Waals surface area contributed by atoms with Crippen LogP contribution in [0.4, 0.5) is 0 Å². The van der Waals surface area contributed by atoms with Crippen molar-refractivity contribution in [3.05, 3.63) is 0 Å². The first-order chi connectivity index (χ1) is 7.36. The molecular weight excluding hydrogens is 192 g/mol. The van der Waals surface area contributed by atoms with Crippen LogP contribution >= 0.6 is 0 Å². The fourth-order valence-corrected chi connectivity index (χ4v) is 2.09. The van der Waals surface area contributed by atoms with Gasteiger partial charge in [-0.05, 0) is 38.8 Å². The number of aliphatic hydroxyl groups excluding tert-OH is 1. The zero-order valence-corrected chi connectivity index (χ0v) is 9.67. The highest BCUT2D eigenvalue weighted by Crippen LogP contribution is 2.07. The van der Waals surface area contributed by atoms with E-state index in [1.165, 1.54) is 19.3 Å². The summed E-state index contributed by atoms with van der Waals surface area (Å²) in [6.45, 7) is 3.14. The van der Waals surface area contributed by atoms with Crippen LogP contribution in [0, 0.1) is 0 Å². The summed E-state index contributed by atoms with van der Waals surface area (Å²) in [5.41, 5.74) is 0. The van der Waals surface area contributed by atoms with Gasteiger partial charge in [0.15, 0.2) is 0 Å². The van der Waals surface area contributed by atoms with Crippen molar-refractivity contribution >= 4 is 0 Å². The number of ether oxygens (including phenoxy) is 1. The number of nitrogens with one attached hydrogen (secondary N) is 2. The van der Waals surface area contributed by atoms with E-state index in [9.17, 15) is 0 Å². The van der Waals surface area contributed by atoms with E-state index in [-0.39, 0.29) is 6.61 Å². The molecule has 0 aliphatic carbocycles. The normalized spacial score (nSPS) is 24.8. The van der Waals surface area contributed by atoms with E-state index in [0.717, 1.165) is 19.5 Å². The molecule has 2 atom stereocenters. The molecule has 0 aromatic rings. The number of methoxy groups -OCH3 is 1. The first kappa shape index (κ1) is 12.9. The Balaban J connectivity index is 2.27. The first-order valence-corrected chi connectivity index (χ1v) is 5.93. The van der Waals surface area contributed by atoms with Crippen LogP contribution in [-0.4, -0.2) is 50.6 Å². The lowest BCUT2D eigenvalue weighted by atomic mass is 10.1. The fraction of sp³-hybridized carbons (Fsp3) is 1.00. The highest BCUT2D eigenvalue weighted by Gasteiger charge is 2.16. The third-order valence-corrected chi connectivity index (χ3v) is 2.89. The molecule has 15 heavy (non-hydrogen) atoms. The quantitative estimate of drug-likeness (QED) is 0.590. The van der Waals surface area contributed by atoms with Crippen molar-refractivity contribution in [3.63, 3.8) is 0 Å². The van der Waals surface area contributed by atoms with Crippen LogP contribution in [-0.2, 0) is 4.74 Å². The van der Waals surface area contributed by atoms with E-state index in [1.807, 2.05) is 0 Å². The lowest BCUT2D eigenvalue weighted by molar-refractivity contribution is 0.141. The van der Waals surface area contributed by atoms with E-state index in [0.29, 0.717) is 18.7 Å². The predicted molar refractivity (Wildman–Crippen MR) is 61.0 cm³/mol. The molecule has 1 aliphatic heterocycles. The Morgan fingerprint density at radius 1 is 1.47 bits per heavy atom. The highest BCUT2D eigenvalue weighted by atomic mass is 16.5. The average molecular weight is 216 g/mol. The molecule has 0 bridgehead atoms. The molecule has 0 aromatic carbocycles. The molecule has 4 heteroatoms. The van der Waals surface area contributed by atoms with Gasteiger partial charge in [-0.15, -0.1) is 0 Å². The van der Waals surface area contributed by atoms with Gasteiger partial charge >= 0.3 is 0 Å². The Hall–Kier alpha value is -0.160. The van der Waals surface area contributed by atoms with Crippen LogP contribution < -0.4 is 10.6 Å². The Morgan fingerprint density at radius 3 is 3.07 bits per heavy atom. The molecule has 4 nitrogen and oxygen atoms in total. The van der Waals surface area contributed by atoms with Crippen molar-refractivity contribution < 1.29 is 9.84 Å². The topological polar surface area (TPSA) is 53.5 Å². The SMILES string of the molecule is COCC(CCO)NC1CCCNCC1. The van der Waals surface area contributed by atoms with Crippen LogP contribution in [0.15, 0.2) is 0 Å². The number of hydrogen-bond donors (Lipinski definition) is 3. The summed E-state index contributed by atoms with van der Waals surface area (Å²) in [5, 5.41) is 15.9. The molecule has 0 radical (unpaired) electrons. The summed E-state index contributed by atoms with van der Waals surface area (Å²) in [7, 11) is 1.71. The molecule has 1 rings (SSSR count). The monoisotopic (exact) mass is 216 g/mol. The molecule has 1 heterocycles. The minimum atomic E-state index is 0.228. The highest BCUT2D eigenvalue weighted by molar-refractivity contribution is 4.77. The van der Waals surface area contributed by atoms with Gasteiger partial charge in [-0.25, -0.2) is 0 Å². The summed E-state index contributed by atoms with van der Waals surface area (Å²) in [4.78, 5) is 0. The van der Waals surface area contributed by atoms with Crippen molar-refractivity contribution in [2.45, 2.75) is 37.8 Å². The van der Waals surface area contributed by atoms with Gasteiger partial charge < -0.3 is 20.5 Å². The summed E-state index contributed by atoms with van der Waals surface area (Å²) >= 11 is 0. The standard InChI is InChI=1S/C11H24N2O2/c1-15-9-11(5-8-14)13-10-3-2-6-12-7-4-10/h10-14H,2-9H2,1H3. The Morgan fingerprint density at radius 2 is 2.33 bits per heavy atom. The predicted octanol–water partition coefficient (Wildman–Crippen LogP) is 0.116. The van der Waals surface area contributed by atoms with Crippen molar-refractivity contribution in [2.24, 2.45) is 0 Å². The number of hydrogen-bond acceptors (Lipinski definition) is 4. The van der Waals surface area contributed by atoms with Crippen LogP contribution in [0.3, 0.4) is 0 Å². The van der Waals surface area contributed by atoms with Crippen molar-refractivity contribution in [2.75, 3.05) is 33.4 Å². The molecule has 0 spiro atoms. The summed E-state index contributed by atoms with van der Waals surface area (Å²) in [6.07, 6.45) is 4.40. The molecule has 0 saturated carbocycles. The molecule has 1 aliphatic rings. The van der Waals surface area contributed by atoms with Crippen LogP contribution in [0.1, 0.15) is 25.7 Å². The van der Waals surface area contributed by atoms with Crippen molar-refractivity contribution in [3.8, 4) is 0 Å². The van der Waals surface area contributed by atoms with E-state index in [2.05, 4.69) is 10.6 Å². The second-order valence-electron chi connectivity index (χ2n) is 4.21. The zero-order valence-electron chi connectivity index (χ0n) is 9.67. The second-order valence-corrected chi connectivity index (χ2v) is 4.21. The fourth-order valence-electron chi connectivity index (χ4n) is 2.09. The number of aliphatic hydroxyl groups is 1. The minimum Gasteiger partial charge on any atom is -0.396 e. The molecule has 90 valence electrons. The molecule has 3 N–H and O–H groups in total. The third kappa shape index (κ3) is 5.47. The largest absolute Gasteiger partial charge is 0.396 e. The molecule has 1 saturated heterocycles. The second kappa shape index (κ2) is 8.05. The zero-order chi connectivity index (χ0) is 10.9. The van der Waals surface area contributed by atoms with Gasteiger partial charge in [-0.2, -0.15) is 0 Å². The lowest BCUT2D eigenvalue weighted by Crippen LogP contribution is -2.41. The minimum absolute atomic E-state index is 0.228. The van der Waals surface area contributed by atoms with Crippen LogP contribution in [0.5, 0.6) is 0 Å². The van der Waals surface area contributed by atoms with Crippen LogP contribution in [0.2, 0.25) is 0 Å². The van der Waals surface area contributed by atoms with E-state index in [1.54, 1.807) is 7.11 Å². The van der Waals surface area contributed by atoms with Gasteiger partial charge in [0.2, 0.25) is 0 Å². The average Bonchev–Trinajstić information content (AvgIpc) is 2.47. The van der Waals surface area contributed by atoms with Gasteiger partial charge in [-0.3, -0.25) is 0 Å².